The molecule has 0 saturated carbocycles. The van der Waals surface area contributed by atoms with Crippen LogP contribution in [-0.2, 0) is 0 Å². The topological polar surface area (TPSA) is 63.9 Å². The Morgan fingerprint density at radius 1 is 1.32 bits per heavy atom. The van der Waals surface area contributed by atoms with Gasteiger partial charge in [0, 0.05) is 17.3 Å². The summed E-state index contributed by atoms with van der Waals surface area (Å²) in [7, 11) is 0. The molecule has 1 heterocycles. The van der Waals surface area contributed by atoms with E-state index in [1.54, 1.807) is 6.07 Å². The van der Waals surface area contributed by atoms with Crippen LogP contribution in [0.25, 0.3) is 11.1 Å². The third-order valence-corrected chi connectivity index (χ3v) is 3.65. The molecule has 120 valence electrons. The summed E-state index contributed by atoms with van der Waals surface area (Å²) in [5, 5.41) is 7.05. The van der Waals surface area contributed by atoms with E-state index in [1.807, 2.05) is 33.8 Å². The highest BCUT2D eigenvalue weighted by atomic mass is 19.1. The number of hydrogen-bond donors (Lipinski definition) is 2. The molecular weight excluding hydrogens is 281 g/mol. The molecule has 5 heteroatoms. The number of nitrogens with two attached hydrogens (primary N) is 1. The number of aromatic nitrogens is 2. The van der Waals surface area contributed by atoms with E-state index in [4.69, 9.17) is 10.5 Å². The van der Waals surface area contributed by atoms with Crippen molar-refractivity contribution in [1.82, 2.24) is 10.2 Å². The van der Waals surface area contributed by atoms with Gasteiger partial charge in [0.25, 0.3) is 0 Å². The predicted octanol–water partition coefficient (Wildman–Crippen LogP) is 3.58. The monoisotopic (exact) mass is 305 g/mol. The van der Waals surface area contributed by atoms with Crippen molar-refractivity contribution in [2.75, 3.05) is 6.61 Å². The Hall–Kier alpha value is -1.88. The minimum Gasteiger partial charge on any atom is -0.490 e. The summed E-state index contributed by atoms with van der Waals surface area (Å²) in [5.74, 6) is 0.210. The molecule has 2 unspecified atom stereocenters. The Balaban J connectivity index is 2.10. The number of nitrogens with one attached hydrogen (secondary N) is 1. The molecule has 0 aliphatic rings. The molecule has 4 nitrogen and oxygen atoms in total. The quantitative estimate of drug-likeness (QED) is 0.857. The van der Waals surface area contributed by atoms with Crippen molar-refractivity contribution in [3.63, 3.8) is 0 Å². The molecule has 0 amide bonds. The Bertz CT molecular complexity index is 617. The van der Waals surface area contributed by atoms with E-state index in [-0.39, 0.29) is 23.5 Å². The summed E-state index contributed by atoms with van der Waals surface area (Å²) < 4.78 is 19.8. The molecule has 0 aliphatic carbocycles. The second-order valence-corrected chi connectivity index (χ2v) is 6.08. The van der Waals surface area contributed by atoms with Crippen molar-refractivity contribution in [3.05, 3.63) is 35.4 Å². The normalized spacial score (nSPS) is 13.9. The molecule has 1 aromatic heterocycles. The number of aryl methyl sites for hydroxylation is 2. The number of hydrogen-bond acceptors (Lipinski definition) is 3. The maximum absolute atomic E-state index is 14.2. The van der Waals surface area contributed by atoms with E-state index in [0.29, 0.717) is 6.61 Å². The fraction of sp³-hybridized carbons (Fsp3) is 0.471. The molecular formula is C17H24FN3O. The smallest absolute Gasteiger partial charge is 0.165 e. The van der Waals surface area contributed by atoms with Gasteiger partial charge in [0.1, 0.15) is 0 Å². The van der Waals surface area contributed by atoms with Crippen LogP contribution in [0.4, 0.5) is 4.39 Å². The van der Waals surface area contributed by atoms with Gasteiger partial charge >= 0.3 is 0 Å². The predicted molar refractivity (Wildman–Crippen MR) is 86.4 cm³/mol. The molecule has 1 aromatic carbocycles. The first-order valence-corrected chi connectivity index (χ1v) is 7.58. The molecule has 2 aromatic rings. The Morgan fingerprint density at radius 2 is 2.05 bits per heavy atom. The van der Waals surface area contributed by atoms with E-state index >= 15 is 0 Å². The zero-order chi connectivity index (χ0) is 16.3. The zero-order valence-electron chi connectivity index (χ0n) is 13.6. The number of halogens is 1. The van der Waals surface area contributed by atoms with Crippen LogP contribution < -0.4 is 10.5 Å². The fourth-order valence-electron chi connectivity index (χ4n) is 2.68. The van der Waals surface area contributed by atoms with Gasteiger partial charge in [-0.3, -0.25) is 5.10 Å². The molecule has 2 atom stereocenters. The summed E-state index contributed by atoms with van der Waals surface area (Å²) in [6, 6.07) is 5.16. The lowest BCUT2D eigenvalue weighted by Crippen LogP contribution is -2.21. The van der Waals surface area contributed by atoms with Crippen LogP contribution in [0, 0.1) is 25.6 Å². The van der Waals surface area contributed by atoms with Crippen LogP contribution in [-0.4, -0.2) is 22.8 Å². The molecule has 0 fully saturated rings. The number of ether oxygens (including phenoxy) is 1. The molecule has 0 bridgehead atoms. The summed E-state index contributed by atoms with van der Waals surface area (Å²) in [4.78, 5) is 0. The first-order valence-electron chi connectivity index (χ1n) is 7.58. The first kappa shape index (κ1) is 16.5. The molecule has 0 radical (unpaired) electrons. The zero-order valence-corrected chi connectivity index (χ0v) is 13.6. The molecule has 2 rings (SSSR count). The number of benzene rings is 1. The second-order valence-electron chi connectivity index (χ2n) is 6.08. The SMILES string of the molecule is Cc1n[nH]c(C)c1-c1ccc(OCC(C)CC(C)N)c(F)c1. The van der Waals surface area contributed by atoms with E-state index in [1.165, 1.54) is 6.07 Å². The summed E-state index contributed by atoms with van der Waals surface area (Å²) in [6.07, 6.45) is 0.854. The van der Waals surface area contributed by atoms with E-state index in [2.05, 4.69) is 10.2 Å². The largest absolute Gasteiger partial charge is 0.490 e. The van der Waals surface area contributed by atoms with E-state index in [0.717, 1.165) is 28.9 Å². The summed E-state index contributed by atoms with van der Waals surface area (Å²) >= 11 is 0. The third-order valence-electron chi connectivity index (χ3n) is 3.65. The number of rotatable bonds is 6. The lowest BCUT2D eigenvalue weighted by Gasteiger charge is -2.15. The lowest BCUT2D eigenvalue weighted by molar-refractivity contribution is 0.237. The van der Waals surface area contributed by atoms with Gasteiger partial charge in [0.15, 0.2) is 11.6 Å². The maximum atomic E-state index is 14.2. The minimum atomic E-state index is -0.356. The number of aromatic amines is 1. The fourth-order valence-corrected chi connectivity index (χ4v) is 2.68. The van der Waals surface area contributed by atoms with Crippen LogP contribution in [0.1, 0.15) is 31.7 Å². The summed E-state index contributed by atoms with van der Waals surface area (Å²) in [6.45, 7) is 8.29. The molecule has 0 saturated heterocycles. The van der Waals surface area contributed by atoms with Gasteiger partial charge in [0.05, 0.1) is 12.3 Å². The second kappa shape index (κ2) is 6.92. The third kappa shape index (κ3) is 3.85. The van der Waals surface area contributed by atoms with Gasteiger partial charge in [-0.05, 0) is 50.8 Å². The molecule has 3 N–H and O–H groups in total. The lowest BCUT2D eigenvalue weighted by atomic mass is 10.0. The van der Waals surface area contributed by atoms with Crippen molar-refractivity contribution in [3.8, 4) is 16.9 Å². The van der Waals surface area contributed by atoms with Crippen LogP contribution in [0.2, 0.25) is 0 Å². The van der Waals surface area contributed by atoms with Gasteiger partial charge in [-0.2, -0.15) is 5.10 Å². The summed E-state index contributed by atoms with van der Waals surface area (Å²) in [5.41, 5.74) is 9.28. The van der Waals surface area contributed by atoms with Crippen LogP contribution in [0.5, 0.6) is 5.75 Å². The van der Waals surface area contributed by atoms with Crippen LogP contribution in [0.3, 0.4) is 0 Å². The highest BCUT2D eigenvalue weighted by Gasteiger charge is 2.13. The first-order chi connectivity index (χ1) is 10.4. The van der Waals surface area contributed by atoms with Gasteiger partial charge in [-0.15, -0.1) is 0 Å². The van der Waals surface area contributed by atoms with Gasteiger partial charge in [-0.1, -0.05) is 13.0 Å². The highest BCUT2D eigenvalue weighted by molar-refractivity contribution is 5.68. The van der Waals surface area contributed by atoms with Crippen LogP contribution in [0.15, 0.2) is 18.2 Å². The van der Waals surface area contributed by atoms with Gasteiger partial charge in [-0.25, -0.2) is 4.39 Å². The van der Waals surface area contributed by atoms with Crippen LogP contribution >= 0.6 is 0 Å². The Morgan fingerprint density at radius 3 is 2.59 bits per heavy atom. The average molecular weight is 305 g/mol. The molecule has 22 heavy (non-hydrogen) atoms. The maximum Gasteiger partial charge on any atom is 0.165 e. The van der Waals surface area contributed by atoms with Crippen molar-refractivity contribution in [2.45, 2.75) is 40.2 Å². The average Bonchev–Trinajstić information content (AvgIpc) is 2.76. The van der Waals surface area contributed by atoms with E-state index in [9.17, 15) is 4.39 Å². The number of H-pyrrole nitrogens is 1. The standard InChI is InChI=1S/C17H24FN3O/c1-10(7-11(2)19)9-22-16-6-5-14(8-15(16)18)17-12(3)20-21-13(17)4/h5-6,8,10-11H,7,9,19H2,1-4H3,(H,20,21). The van der Waals surface area contributed by atoms with Crippen molar-refractivity contribution >= 4 is 0 Å². The Labute approximate surface area is 130 Å². The van der Waals surface area contributed by atoms with E-state index < -0.39 is 0 Å². The number of nitrogens with zero attached hydrogens (tertiary/aromatic N) is 1. The molecule has 0 spiro atoms. The highest BCUT2D eigenvalue weighted by Crippen LogP contribution is 2.29. The van der Waals surface area contributed by atoms with Gasteiger partial charge in [0.2, 0.25) is 0 Å². The van der Waals surface area contributed by atoms with Crippen molar-refractivity contribution in [1.29, 1.82) is 0 Å². The van der Waals surface area contributed by atoms with Gasteiger partial charge < -0.3 is 10.5 Å². The molecule has 0 aliphatic heterocycles. The van der Waals surface area contributed by atoms with Crippen molar-refractivity contribution < 1.29 is 9.13 Å². The Kier molecular flexibility index (Phi) is 5.19. The van der Waals surface area contributed by atoms with Crippen molar-refractivity contribution in [2.24, 2.45) is 11.7 Å². The minimum absolute atomic E-state index is 0.123.